The minimum absolute atomic E-state index is 0.233. The summed E-state index contributed by atoms with van der Waals surface area (Å²) in [6.45, 7) is 0. The molecule has 4 atom stereocenters. The van der Waals surface area contributed by atoms with Crippen molar-refractivity contribution in [1.82, 2.24) is 4.90 Å². The number of β-lactam (4-membered cyclic amide) rings is 1. The molecule has 12 heteroatoms. The van der Waals surface area contributed by atoms with E-state index in [1.165, 1.54) is 5.41 Å². The van der Waals surface area contributed by atoms with Crippen LogP contribution in [0.5, 0.6) is 0 Å². The van der Waals surface area contributed by atoms with E-state index >= 15 is 0 Å². The number of amides is 2. The first kappa shape index (κ1) is 18.3. The van der Waals surface area contributed by atoms with E-state index in [0.717, 1.165) is 16.7 Å². The van der Waals surface area contributed by atoms with Crippen LogP contribution in [-0.4, -0.2) is 54.8 Å². The van der Waals surface area contributed by atoms with Crippen molar-refractivity contribution in [3.63, 3.8) is 0 Å². The van der Waals surface area contributed by atoms with Crippen LogP contribution in [0.15, 0.2) is 11.0 Å². The quantitative estimate of drug-likeness (QED) is 0.330. The Morgan fingerprint density at radius 3 is 2.35 bits per heavy atom. The van der Waals surface area contributed by atoms with Crippen molar-refractivity contribution in [1.29, 1.82) is 0 Å². The third-order valence-electron chi connectivity index (χ3n) is 3.45. The fourth-order valence-corrected chi connectivity index (χ4v) is 3.94. The van der Waals surface area contributed by atoms with Crippen LogP contribution >= 0.6 is 46.6 Å². The maximum Gasteiger partial charge on any atom is 0.330 e. The summed E-state index contributed by atoms with van der Waals surface area (Å²) in [4.78, 5) is 48.2. The zero-order valence-electron chi connectivity index (χ0n) is 11.1. The van der Waals surface area contributed by atoms with Gasteiger partial charge in [0.15, 0.2) is 6.04 Å². The Balaban J connectivity index is 2.48. The molecule has 2 aliphatic rings. The Labute approximate surface area is 149 Å². The summed E-state index contributed by atoms with van der Waals surface area (Å²) in [5.74, 6) is -6.24. The van der Waals surface area contributed by atoms with Crippen LogP contribution in [0.1, 0.15) is 0 Å². The van der Waals surface area contributed by atoms with Gasteiger partial charge in [-0.25, -0.2) is 4.79 Å². The molecule has 23 heavy (non-hydrogen) atoms. The summed E-state index contributed by atoms with van der Waals surface area (Å²) in [6.07, 6.45) is 0. The Morgan fingerprint density at radius 2 is 1.91 bits per heavy atom. The lowest BCUT2D eigenvalue weighted by atomic mass is 9.87. The molecule has 2 aliphatic heterocycles. The molecule has 0 radical (unpaired) electrons. The molecule has 0 aromatic carbocycles. The van der Waals surface area contributed by atoms with Gasteiger partial charge in [-0.05, 0) is 11.0 Å². The maximum atomic E-state index is 12.2. The van der Waals surface area contributed by atoms with Crippen LogP contribution in [0.25, 0.3) is 0 Å². The number of Topliss-reactive ketones (excluding diaryl/α,β-unsaturated/α-hetero) is 1. The maximum absolute atomic E-state index is 12.2. The van der Waals surface area contributed by atoms with E-state index in [0.29, 0.717) is 0 Å². The second-order valence-electron chi connectivity index (χ2n) is 4.85. The number of alkyl halides is 3. The number of nitrogens with two attached hydrogens (primary N) is 2. The number of aliphatic carboxylic acids is 1. The van der Waals surface area contributed by atoms with Crippen molar-refractivity contribution in [3.8, 4) is 0 Å². The molecule has 1 fully saturated rings. The highest BCUT2D eigenvalue weighted by Gasteiger charge is 2.56. The second-order valence-corrected chi connectivity index (χ2v) is 8.13. The molecule has 0 aliphatic carbocycles. The molecule has 8 nitrogen and oxygen atoms in total. The summed E-state index contributed by atoms with van der Waals surface area (Å²) in [6, 6.07) is -2.45. The molecule has 2 heterocycles. The zero-order valence-corrected chi connectivity index (χ0v) is 14.2. The number of primary amides is 1. The number of carbonyl (C=O) groups is 4. The molecule has 0 saturated carbocycles. The number of thioether (sulfide) groups is 1. The van der Waals surface area contributed by atoms with Gasteiger partial charge in [-0.2, -0.15) is 0 Å². The van der Waals surface area contributed by atoms with Gasteiger partial charge >= 0.3 is 5.97 Å². The van der Waals surface area contributed by atoms with Crippen molar-refractivity contribution < 1.29 is 24.3 Å². The van der Waals surface area contributed by atoms with Gasteiger partial charge in [0.05, 0.1) is 0 Å². The minimum atomic E-state index is -2.47. The number of halogens is 3. The van der Waals surface area contributed by atoms with Crippen LogP contribution in [0, 0.1) is 5.92 Å². The lowest BCUT2D eigenvalue weighted by Crippen LogP contribution is -2.72. The molecule has 126 valence electrons. The third-order valence-corrected chi connectivity index (χ3v) is 5.22. The Kier molecular flexibility index (Phi) is 4.89. The number of carboxylic acids is 1. The first-order chi connectivity index (χ1) is 10.5. The van der Waals surface area contributed by atoms with Crippen LogP contribution in [0.2, 0.25) is 0 Å². The van der Waals surface area contributed by atoms with Crippen LogP contribution < -0.4 is 11.5 Å². The molecule has 0 spiro atoms. The molecule has 1 unspecified atom stereocenters. The van der Waals surface area contributed by atoms with Crippen molar-refractivity contribution in [2.45, 2.75) is 21.3 Å². The fraction of sp³-hybridized carbons (Fsp3) is 0.455. The third kappa shape index (κ3) is 3.03. The lowest BCUT2D eigenvalue weighted by molar-refractivity contribution is -0.158. The Hall–Kier alpha value is -1.00. The minimum Gasteiger partial charge on any atom is -0.479 e. The van der Waals surface area contributed by atoms with E-state index in [1.54, 1.807) is 0 Å². The normalized spacial score (nSPS) is 28.3. The number of hydrogen-bond acceptors (Lipinski definition) is 6. The molecule has 2 amide bonds. The van der Waals surface area contributed by atoms with E-state index in [4.69, 9.17) is 46.3 Å². The number of nitrogens with zero attached hydrogens (tertiary/aromatic N) is 1. The molecule has 0 aromatic rings. The number of carbonyl (C=O) groups excluding carboxylic acids is 3. The summed E-state index contributed by atoms with van der Waals surface area (Å²) in [5, 5.41) is 10.1. The summed E-state index contributed by atoms with van der Waals surface area (Å²) >= 11 is 17.5. The van der Waals surface area contributed by atoms with Gasteiger partial charge in [0, 0.05) is 0 Å². The summed E-state index contributed by atoms with van der Waals surface area (Å²) in [7, 11) is 0. The standard InChI is InChI=1S/C11H10Cl3N3O5S/c12-11(13,14)6(18)3(7(16)19)2-1-23-9-4(15)8(20)17(9)5(2)10(21)22/h1,3-5,9H,15H2,(H2,16,19)(H,21,22)/t3?,4-,5-,9-/m1/s1. The van der Waals surface area contributed by atoms with Crippen LogP contribution in [0.4, 0.5) is 0 Å². The Morgan fingerprint density at radius 1 is 1.35 bits per heavy atom. The fourth-order valence-electron chi connectivity index (χ4n) is 2.40. The van der Waals surface area contributed by atoms with Gasteiger partial charge < -0.3 is 21.5 Å². The Bertz CT molecular complexity index is 635. The smallest absolute Gasteiger partial charge is 0.330 e. The molecule has 0 aromatic heterocycles. The summed E-state index contributed by atoms with van der Waals surface area (Å²) in [5.41, 5.74) is 10.5. The van der Waals surface area contributed by atoms with E-state index in [1.807, 2.05) is 0 Å². The number of rotatable bonds is 4. The number of hydrogen-bond donors (Lipinski definition) is 3. The number of fused-ring (bicyclic) bond motifs is 1. The first-order valence-corrected chi connectivity index (χ1v) is 8.12. The van der Waals surface area contributed by atoms with E-state index in [-0.39, 0.29) is 5.57 Å². The predicted octanol–water partition coefficient (Wildman–Crippen LogP) is -0.393. The number of carboxylic acid groups (broad SMARTS) is 1. The highest BCUT2D eigenvalue weighted by atomic mass is 35.6. The SMILES string of the molecule is NC(=O)C(C(=O)C(Cl)(Cl)Cl)C1=CS[C@@H]2[C@H](N)C(=O)N2[C@H]1C(=O)O. The average Bonchev–Trinajstić information content (AvgIpc) is 2.44. The van der Waals surface area contributed by atoms with E-state index in [2.05, 4.69) is 0 Å². The monoisotopic (exact) mass is 401 g/mol. The molecular weight excluding hydrogens is 393 g/mol. The number of ketones is 1. The lowest BCUT2D eigenvalue weighted by Gasteiger charge is -2.50. The van der Waals surface area contributed by atoms with Gasteiger partial charge in [-0.3, -0.25) is 14.4 Å². The first-order valence-electron chi connectivity index (χ1n) is 6.04. The highest BCUT2D eigenvalue weighted by Crippen LogP contribution is 2.43. The average molecular weight is 403 g/mol. The topological polar surface area (TPSA) is 144 Å². The molecule has 1 saturated heterocycles. The predicted molar refractivity (Wildman–Crippen MR) is 83.7 cm³/mol. The van der Waals surface area contributed by atoms with Gasteiger partial charge in [-0.1, -0.05) is 34.8 Å². The van der Waals surface area contributed by atoms with Gasteiger partial charge in [-0.15, -0.1) is 11.8 Å². The highest BCUT2D eigenvalue weighted by molar-refractivity contribution is 8.02. The van der Waals surface area contributed by atoms with Crippen molar-refractivity contribution in [3.05, 3.63) is 11.0 Å². The molecule has 5 N–H and O–H groups in total. The van der Waals surface area contributed by atoms with Crippen molar-refractivity contribution in [2.75, 3.05) is 0 Å². The molecule has 2 rings (SSSR count). The van der Waals surface area contributed by atoms with Gasteiger partial charge in [0.25, 0.3) is 0 Å². The molecule has 0 bridgehead atoms. The summed E-state index contributed by atoms with van der Waals surface area (Å²) < 4.78 is -2.47. The van der Waals surface area contributed by atoms with Crippen LogP contribution in [0.3, 0.4) is 0 Å². The van der Waals surface area contributed by atoms with Gasteiger partial charge in [0.1, 0.15) is 17.3 Å². The van der Waals surface area contributed by atoms with E-state index in [9.17, 15) is 24.3 Å². The largest absolute Gasteiger partial charge is 0.479 e. The van der Waals surface area contributed by atoms with Crippen LogP contribution in [-0.2, 0) is 19.2 Å². The second kappa shape index (κ2) is 6.14. The van der Waals surface area contributed by atoms with E-state index < -0.39 is 50.7 Å². The van der Waals surface area contributed by atoms with Crippen molar-refractivity contribution in [2.24, 2.45) is 17.4 Å². The van der Waals surface area contributed by atoms with Crippen molar-refractivity contribution >= 4 is 70.1 Å². The van der Waals surface area contributed by atoms with Gasteiger partial charge in [0.2, 0.25) is 21.4 Å². The molecular formula is C11H10Cl3N3O5S. The zero-order chi connectivity index (χ0) is 17.7.